The summed E-state index contributed by atoms with van der Waals surface area (Å²) in [4.78, 5) is 18.4. The molecule has 3 aromatic rings. The van der Waals surface area contributed by atoms with Crippen LogP contribution >= 0.6 is 0 Å². The molecule has 0 bridgehead atoms. The van der Waals surface area contributed by atoms with Crippen LogP contribution in [0.4, 0.5) is 0 Å². The molecule has 10 nitrogen and oxygen atoms in total. The van der Waals surface area contributed by atoms with Gasteiger partial charge in [-0.15, -0.1) is 0 Å². The van der Waals surface area contributed by atoms with E-state index in [0.717, 1.165) is 5.56 Å². The van der Waals surface area contributed by atoms with E-state index < -0.39 is 17.6 Å². The Kier molecular flexibility index (Phi) is 7.18. The number of hydrogen-bond donors (Lipinski definition) is 3. The highest BCUT2D eigenvalue weighted by molar-refractivity contribution is 5.80. The van der Waals surface area contributed by atoms with Crippen molar-refractivity contribution in [3.05, 3.63) is 53.9 Å². The lowest BCUT2D eigenvalue weighted by Gasteiger charge is -2.33. The zero-order valence-electron chi connectivity index (χ0n) is 20.7. The smallest absolute Gasteiger partial charge is 0.264 e. The van der Waals surface area contributed by atoms with Crippen LogP contribution in [0.1, 0.15) is 38.1 Å². The van der Waals surface area contributed by atoms with E-state index in [1.807, 2.05) is 19.1 Å². The first-order valence-electron chi connectivity index (χ1n) is 11.7. The second-order valence-corrected chi connectivity index (χ2v) is 9.39. The van der Waals surface area contributed by atoms with Gasteiger partial charge in [-0.05, 0) is 55.8 Å². The summed E-state index contributed by atoms with van der Waals surface area (Å²) in [5.74, 6) is 1.17. The maximum atomic E-state index is 12.5. The fourth-order valence-corrected chi connectivity index (χ4v) is 4.56. The van der Waals surface area contributed by atoms with Gasteiger partial charge in [0.05, 0.1) is 13.2 Å². The molecule has 2 aromatic carbocycles. The summed E-state index contributed by atoms with van der Waals surface area (Å²) in [5.41, 5.74) is 0.935. The number of phenolic OH excluding ortho intramolecular Hbond substituents is 1. The number of carbonyl (C=O) groups is 1. The van der Waals surface area contributed by atoms with Crippen LogP contribution in [0.2, 0.25) is 0 Å². The average molecular weight is 498 g/mol. The average Bonchev–Trinajstić information content (AvgIpc) is 3.48. The van der Waals surface area contributed by atoms with Gasteiger partial charge in [-0.3, -0.25) is 4.79 Å². The normalized spacial score (nSPS) is 21.3. The van der Waals surface area contributed by atoms with Crippen molar-refractivity contribution in [1.29, 1.82) is 0 Å². The molecule has 10 heteroatoms. The van der Waals surface area contributed by atoms with Gasteiger partial charge in [-0.25, -0.2) is 0 Å². The van der Waals surface area contributed by atoms with Gasteiger partial charge in [0, 0.05) is 30.0 Å². The Morgan fingerprint density at radius 1 is 1.19 bits per heavy atom. The number of phenols is 1. The van der Waals surface area contributed by atoms with E-state index in [1.54, 1.807) is 30.0 Å². The highest BCUT2D eigenvalue weighted by atomic mass is 16.5. The van der Waals surface area contributed by atoms with Crippen molar-refractivity contribution < 1.29 is 34.1 Å². The number of methoxy groups -OCH3 is 1. The maximum absolute atomic E-state index is 12.5. The Morgan fingerprint density at radius 3 is 2.56 bits per heavy atom. The first-order valence-corrected chi connectivity index (χ1v) is 11.7. The second kappa shape index (κ2) is 10.2. The second-order valence-electron chi connectivity index (χ2n) is 9.39. The molecule has 3 N–H and O–H groups in total. The number of aromatic hydroxyl groups is 1. The predicted octanol–water partition coefficient (Wildman–Crippen LogP) is 2.72. The molecule has 1 aromatic heterocycles. The molecule has 2 heterocycles. The number of aromatic nitrogens is 2. The molecule has 4 rings (SSSR count). The quantitative estimate of drug-likeness (QED) is 0.429. The highest BCUT2D eigenvalue weighted by Gasteiger charge is 2.48. The third kappa shape index (κ3) is 5.00. The van der Waals surface area contributed by atoms with Crippen LogP contribution in [0.5, 0.6) is 17.2 Å². The van der Waals surface area contributed by atoms with E-state index in [-0.39, 0.29) is 30.1 Å². The molecule has 1 amide bonds. The molecule has 1 aliphatic rings. The van der Waals surface area contributed by atoms with Gasteiger partial charge in [0.25, 0.3) is 11.8 Å². The molecule has 1 aliphatic heterocycles. The number of nitrogens with zero attached hydrogens (tertiary/aromatic N) is 3. The minimum atomic E-state index is -1.11. The molecule has 36 heavy (non-hydrogen) atoms. The van der Waals surface area contributed by atoms with Crippen LogP contribution < -0.4 is 9.47 Å². The topological polar surface area (TPSA) is 138 Å². The van der Waals surface area contributed by atoms with Gasteiger partial charge >= 0.3 is 0 Å². The maximum Gasteiger partial charge on any atom is 0.264 e. The monoisotopic (exact) mass is 497 g/mol. The van der Waals surface area contributed by atoms with E-state index in [9.17, 15) is 20.1 Å². The zero-order chi connectivity index (χ0) is 26.0. The molecular formula is C26H31N3O7. The number of rotatable bonds is 8. The third-order valence-corrected chi connectivity index (χ3v) is 6.89. The van der Waals surface area contributed by atoms with Gasteiger partial charge in [0.2, 0.25) is 5.82 Å². The van der Waals surface area contributed by atoms with Gasteiger partial charge in [0.1, 0.15) is 11.9 Å². The number of aliphatic hydroxyl groups is 2. The fraction of sp³-hybridized carbons (Fsp3) is 0.423. The van der Waals surface area contributed by atoms with Crippen molar-refractivity contribution in [2.24, 2.45) is 5.41 Å². The number of aliphatic hydroxyl groups excluding tert-OH is 2. The zero-order valence-corrected chi connectivity index (χ0v) is 20.7. The third-order valence-electron chi connectivity index (χ3n) is 6.89. The predicted molar refractivity (Wildman–Crippen MR) is 130 cm³/mol. The molecule has 1 saturated heterocycles. The van der Waals surface area contributed by atoms with Crippen LogP contribution in [0.15, 0.2) is 47.0 Å². The van der Waals surface area contributed by atoms with Gasteiger partial charge < -0.3 is 34.2 Å². The lowest BCUT2D eigenvalue weighted by molar-refractivity contribution is -0.138. The standard InChI is InChI=1S/C26H31N3O7/c1-15(30)25(33)29-12-20(26(3,14-29)16(2)31)18-7-10-21(34-4)22(11-18)35-13-23-27-24(28-36-23)17-5-8-19(32)9-6-17/h5-11,15-16,20,30-32H,12-14H2,1-4H3/t15-,16+,20-,26-/m0/s1. The molecule has 0 saturated carbocycles. The summed E-state index contributed by atoms with van der Waals surface area (Å²) in [7, 11) is 1.54. The Morgan fingerprint density at radius 2 is 1.92 bits per heavy atom. The molecule has 0 spiro atoms. The van der Waals surface area contributed by atoms with Gasteiger partial charge in [-0.2, -0.15) is 4.98 Å². The molecule has 0 aliphatic carbocycles. The van der Waals surface area contributed by atoms with Crippen molar-refractivity contribution in [2.75, 3.05) is 20.2 Å². The summed E-state index contributed by atoms with van der Waals surface area (Å²) in [5, 5.41) is 33.8. The minimum Gasteiger partial charge on any atom is -0.508 e. The molecule has 1 fully saturated rings. The van der Waals surface area contributed by atoms with Crippen molar-refractivity contribution in [1.82, 2.24) is 15.0 Å². The summed E-state index contributed by atoms with van der Waals surface area (Å²) < 4.78 is 16.8. The van der Waals surface area contributed by atoms with Crippen LogP contribution in [0, 0.1) is 5.41 Å². The fourth-order valence-electron chi connectivity index (χ4n) is 4.56. The van der Waals surface area contributed by atoms with Gasteiger partial charge in [0.15, 0.2) is 18.1 Å². The first-order chi connectivity index (χ1) is 17.1. The van der Waals surface area contributed by atoms with Crippen LogP contribution in [-0.4, -0.2) is 68.7 Å². The molecule has 4 atom stereocenters. The SMILES string of the molecule is COc1ccc([C@@H]2CN(C(=O)[C@H](C)O)C[C@@]2(C)[C@@H](C)O)cc1OCc1nc(-c2ccc(O)cc2)no1. The minimum absolute atomic E-state index is 0.00410. The van der Waals surface area contributed by atoms with Crippen molar-refractivity contribution in [2.45, 2.75) is 45.5 Å². The van der Waals surface area contributed by atoms with Crippen molar-refractivity contribution >= 4 is 5.91 Å². The summed E-state index contributed by atoms with van der Waals surface area (Å²) >= 11 is 0. The Bertz CT molecular complexity index is 1210. The van der Waals surface area contributed by atoms with Crippen LogP contribution in [0.3, 0.4) is 0 Å². The Hall–Kier alpha value is -3.63. The molecule has 0 unspecified atom stereocenters. The Balaban J connectivity index is 1.56. The van der Waals surface area contributed by atoms with E-state index in [1.165, 1.54) is 26.2 Å². The first kappa shape index (κ1) is 25.5. The lowest BCUT2D eigenvalue weighted by Crippen LogP contribution is -2.40. The number of benzene rings is 2. The van der Waals surface area contributed by atoms with Gasteiger partial charge in [-0.1, -0.05) is 18.1 Å². The van der Waals surface area contributed by atoms with E-state index in [0.29, 0.717) is 36.0 Å². The molecular weight excluding hydrogens is 466 g/mol. The number of likely N-dealkylation sites (tertiary alicyclic amines) is 1. The largest absolute Gasteiger partial charge is 0.508 e. The van der Waals surface area contributed by atoms with E-state index in [4.69, 9.17) is 14.0 Å². The number of carbonyl (C=O) groups excluding carboxylic acids is 1. The highest BCUT2D eigenvalue weighted by Crippen LogP contribution is 2.47. The number of amides is 1. The van der Waals surface area contributed by atoms with E-state index in [2.05, 4.69) is 10.1 Å². The summed E-state index contributed by atoms with van der Waals surface area (Å²) in [6, 6.07) is 12.0. The summed E-state index contributed by atoms with van der Waals surface area (Å²) in [6.45, 7) is 5.77. The van der Waals surface area contributed by atoms with E-state index >= 15 is 0 Å². The molecule has 0 radical (unpaired) electrons. The Labute approximate surface area is 209 Å². The number of ether oxygens (including phenoxy) is 2. The van der Waals surface area contributed by atoms with Crippen molar-refractivity contribution in [3.8, 4) is 28.6 Å². The summed E-state index contributed by atoms with van der Waals surface area (Å²) in [6.07, 6.45) is -1.81. The number of hydrogen-bond acceptors (Lipinski definition) is 9. The lowest BCUT2D eigenvalue weighted by atomic mass is 9.72. The molecule has 192 valence electrons. The van der Waals surface area contributed by atoms with Crippen LogP contribution in [-0.2, 0) is 11.4 Å². The van der Waals surface area contributed by atoms with Crippen LogP contribution in [0.25, 0.3) is 11.4 Å². The van der Waals surface area contributed by atoms with Crippen molar-refractivity contribution in [3.63, 3.8) is 0 Å².